The second kappa shape index (κ2) is 4.84. The topological polar surface area (TPSA) is 46.3 Å². The molecule has 1 aromatic rings. The van der Waals surface area contributed by atoms with E-state index in [2.05, 4.69) is 0 Å². The molecule has 0 spiro atoms. The van der Waals surface area contributed by atoms with E-state index in [1.165, 1.54) is 6.07 Å². The Balaban J connectivity index is 1.95. The largest absolute Gasteiger partial charge is 0.341 e. The lowest BCUT2D eigenvalue weighted by Gasteiger charge is -2.34. The van der Waals surface area contributed by atoms with Crippen molar-refractivity contribution in [2.75, 3.05) is 7.05 Å². The summed E-state index contributed by atoms with van der Waals surface area (Å²) in [7, 11) is 1.71. The first-order valence-electron chi connectivity index (χ1n) is 5.82. The molecule has 17 heavy (non-hydrogen) atoms. The van der Waals surface area contributed by atoms with Crippen LogP contribution in [0.2, 0.25) is 0 Å². The van der Waals surface area contributed by atoms with Crippen LogP contribution in [-0.2, 0) is 11.3 Å². The van der Waals surface area contributed by atoms with E-state index in [4.69, 9.17) is 5.73 Å². The molecule has 1 aliphatic rings. The van der Waals surface area contributed by atoms with Gasteiger partial charge in [-0.15, -0.1) is 0 Å². The van der Waals surface area contributed by atoms with Crippen molar-refractivity contribution in [3.63, 3.8) is 0 Å². The fourth-order valence-electron chi connectivity index (χ4n) is 2.14. The fraction of sp³-hybridized carbons (Fsp3) is 0.462. The van der Waals surface area contributed by atoms with Gasteiger partial charge in [-0.2, -0.15) is 0 Å². The predicted molar refractivity (Wildman–Crippen MR) is 63.6 cm³/mol. The summed E-state index contributed by atoms with van der Waals surface area (Å²) in [5.74, 6) is -0.172. The van der Waals surface area contributed by atoms with E-state index in [9.17, 15) is 9.18 Å². The molecule has 0 bridgehead atoms. The van der Waals surface area contributed by atoms with Gasteiger partial charge in [0.25, 0.3) is 0 Å². The standard InChI is InChI=1S/C13H17FN2O/c1-16(13(17)10-6-11(15)7-10)8-9-4-2-3-5-12(9)14/h2-5,10-11H,6-8,15H2,1H3. The zero-order chi connectivity index (χ0) is 12.4. The summed E-state index contributed by atoms with van der Waals surface area (Å²) in [6, 6.07) is 6.69. The van der Waals surface area contributed by atoms with Crippen molar-refractivity contribution >= 4 is 5.91 Å². The Kier molecular flexibility index (Phi) is 3.43. The average Bonchev–Trinajstić information content (AvgIpc) is 2.27. The van der Waals surface area contributed by atoms with E-state index in [1.54, 1.807) is 30.1 Å². The third-order valence-electron chi connectivity index (χ3n) is 3.27. The van der Waals surface area contributed by atoms with Crippen LogP contribution in [0.5, 0.6) is 0 Å². The van der Waals surface area contributed by atoms with Crippen molar-refractivity contribution in [2.24, 2.45) is 11.7 Å². The summed E-state index contributed by atoms with van der Waals surface area (Å²) in [6.45, 7) is 0.317. The van der Waals surface area contributed by atoms with Gasteiger partial charge in [0.2, 0.25) is 5.91 Å². The SMILES string of the molecule is CN(Cc1ccccc1F)C(=O)C1CC(N)C1. The third kappa shape index (κ3) is 2.64. The fourth-order valence-corrected chi connectivity index (χ4v) is 2.14. The molecule has 0 aliphatic heterocycles. The maximum atomic E-state index is 13.4. The van der Waals surface area contributed by atoms with Gasteiger partial charge >= 0.3 is 0 Å². The number of nitrogens with zero attached hydrogens (tertiary/aromatic N) is 1. The molecule has 0 atom stereocenters. The van der Waals surface area contributed by atoms with Gasteiger partial charge in [0.05, 0.1) is 0 Å². The first kappa shape index (κ1) is 12.0. The van der Waals surface area contributed by atoms with Crippen LogP contribution in [-0.4, -0.2) is 23.9 Å². The average molecular weight is 236 g/mol. The molecule has 1 saturated carbocycles. The molecule has 3 nitrogen and oxygen atoms in total. The minimum atomic E-state index is -0.266. The van der Waals surface area contributed by atoms with Crippen LogP contribution in [0.25, 0.3) is 0 Å². The molecular formula is C13H17FN2O. The van der Waals surface area contributed by atoms with Crippen LogP contribution >= 0.6 is 0 Å². The number of benzene rings is 1. The zero-order valence-corrected chi connectivity index (χ0v) is 9.90. The van der Waals surface area contributed by atoms with Crippen LogP contribution in [0.4, 0.5) is 4.39 Å². The van der Waals surface area contributed by atoms with E-state index < -0.39 is 0 Å². The van der Waals surface area contributed by atoms with Crippen LogP contribution in [0, 0.1) is 11.7 Å². The Hall–Kier alpha value is -1.42. The van der Waals surface area contributed by atoms with Gasteiger partial charge in [0.15, 0.2) is 0 Å². The van der Waals surface area contributed by atoms with E-state index >= 15 is 0 Å². The molecule has 0 radical (unpaired) electrons. The first-order valence-corrected chi connectivity index (χ1v) is 5.82. The molecule has 1 amide bonds. The number of carbonyl (C=O) groups excluding carboxylic acids is 1. The summed E-state index contributed by atoms with van der Waals surface area (Å²) in [5.41, 5.74) is 6.20. The van der Waals surface area contributed by atoms with Gasteiger partial charge in [-0.05, 0) is 18.9 Å². The maximum absolute atomic E-state index is 13.4. The monoisotopic (exact) mass is 236 g/mol. The van der Waals surface area contributed by atoms with Gasteiger partial charge in [-0.25, -0.2) is 4.39 Å². The van der Waals surface area contributed by atoms with E-state index in [0.717, 1.165) is 12.8 Å². The number of carbonyl (C=O) groups is 1. The highest BCUT2D eigenvalue weighted by atomic mass is 19.1. The second-order valence-electron chi connectivity index (χ2n) is 4.71. The molecule has 92 valence electrons. The highest BCUT2D eigenvalue weighted by Crippen LogP contribution is 2.27. The number of amides is 1. The molecule has 4 heteroatoms. The molecular weight excluding hydrogens is 219 g/mol. The number of hydrogen-bond donors (Lipinski definition) is 1. The Morgan fingerprint density at radius 1 is 1.47 bits per heavy atom. The minimum absolute atomic E-state index is 0.0294. The smallest absolute Gasteiger partial charge is 0.225 e. The zero-order valence-electron chi connectivity index (χ0n) is 9.90. The van der Waals surface area contributed by atoms with Gasteiger partial charge in [-0.3, -0.25) is 4.79 Å². The molecule has 0 saturated heterocycles. The molecule has 1 aliphatic carbocycles. The lowest BCUT2D eigenvalue weighted by molar-refractivity contribution is -0.137. The summed E-state index contributed by atoms with van der Waals surface area (Å²) in [5, 5.41) is 0. The van der Waals surface area contributed by atoms with Crippen molar-refractivity contribution in [3.8, 4) is 0 Å². The summed E-state index contributed by atoms with van der Waals surface area (Å²) >= 11 is 0. The molecule has 0 heterocycles. The Labute approximate surface area is 100 Å². The molecule has 2 rings (SSSR count). The molecule has 2 N–H and O–H groups in total. The molecule has 1 fully saturated rings. The number of halogens is 1. The second-order valence-corrected chi connectivity index (χ2v) is 4.71. The lowest BCUT2D eigenvalue weighted by Crippen LogP contribution is -2.45. The van der Waals surface area contributed by atoms with E-state index in [1.807, 2.05) is 0 Å². The Morgan fingerprint density at radius 2 is 2.12 bits per heavy atom. The summed E-state index contributed by atoms with van der Waals surface area (Å²) < 4.78 is 13.4. The van der Waals surface area contributed by atoms with Crippen LogP contribution in [0.15, 0.2) is 24.3 Å². The van der Waals surface area contributed by atoms with Gasteiger partial charge in [0, 0.05) is 31.1 Å². The van der Waals surface area contributed by atoms with Crippen LogP contribution in [0.1, 0.15) is 18.4 Å². The van der Waals surface area contributed by atoms with Gasteiger partial charge < -0.3 is 10.6 Å². The molecule has 0 unspecified atom stereocenters. The van der Waals surface area contributed by atoms with Crippen molar-refractivity contribution in [1.29, 1.82) is 0 Å². The minimum Gasteiger partial charge on any atom is -0.341 e. The van der Waals surface area contributed by atoms with Crippen molar-refractivity contribution in [3.05, 3.63) is 35.6 Å². The Morgan fingerprint density at radius 3 is 2.71 bits per heavy atom. The number of nitrogens with two attached hydrogens (primary N) is 1. The van der Waals surface area contributed by atoms with Crippen molar-refractivity contribution < 1.29 is 9.18 Å². The number of hydrogen-bond acceptors (Lipinski definition) is 2. The third-order valence-corrected chi connectivity index (χ3v) is 3.27. The highest BCUT2D eigenvalue weighted by molar-refractivity contribution is 5.79. The lowest BCUT2D eigenvalue weighted by atomic mass is 9.80. The van der Waals surface area contributed by atoms with Crippen LogP contribution < -0.4 is 5.73 Å². The number of rotatable bonds is 3. The van der Waals surface area contributed by atoms with Gasteiger partial charge in [0.1, 0.15) is 5.82 Å². The van der Waals surface area contributed by atoms with E-state index in [-0.39, 0.29) is 23.7 Å². The molecule has 1 aromatic carbocycles. The normalized spacial score (nSPS) is 23.0. The Bertz CT molecular complexity index is 416. The highest BCUT2D eigenvalue weighted by Gasteiger charge is 2.33. The first-order chi connectivity index (χ1) is 8.08. The summed E-state index contributed by atoms with van der Waals surface area (Å²) in [6.07, 6.45) is 1.50. The van der Waals surface area contributed by atoms with Gasteiger partial charge in [-0.1, -0.05) is 18.2 Å². The summed E-state index contributed by atoms with van der Waals surface area (Å²) in [4.78, 5) is 13.5. The van der Waals surface area contributed by atoms with Crippen molar-refractivity contribution in [2.45, 2.75) is 25.4 Å². The predicted octanol–water partition coefficient (Wildman–Crippen LogP) is 1.52. The van der Waals surface area contributed by atoms with Crippen LogP contribution in [0.3, 0.4) is 0 Å². The quantitative estimate of drug-likeness (QED) is 0.865. The van der Waals surface area contributed by atoms with Crippen molar-refractivity contribution in [1.82, 2.24) is 4.90 Å². The van der Waals surface area contributed by atoms with E-state index in [0.29, 0.717) is 12.1 Å². The molecule has 0 aromatic heterocycles. The maximum Gasteiger partial charge on any atom is 0.225 e.